The SMILES string of the molecule is CCN(CC)C(N)=O.N=C(N)SCc1ccc([N+](=O)[O-])cc1. The number of hydrogen-bond acceptors (Lipinski definition) is 5. The molecule has 0 bridgehead atoms. The maximum absolute atomic E-state index is 10.3. The zero-order valence-corrected chi connectivity index (χ0v) is 13.4. The van der Waals surface area contributed by atoms with E-state index in [1.54, 1.807) is 17.0 Å². The molecule has 0 aliphatic rings. The molecular formula is C13H21N5O3S. The second-order valence-corrected chi connectivity index (χ2v) is 5.10. The van der Waals surface area contributed by atoms with Crippen LogP contribution in [0.25, 0.3) is 0 Å². The number of rotatable bonds is 5. The lowest BCUT2D eigenvalue weighted by Crippen LogP contribution is -2.35. The molecule has 5 N–H and O–H groups in total. The molecule has 0 fully saturated rings. The van der Waals surface area contributed by atoms with Gasteiger partial charge in [-0.25, -0.2) is 4.79 Å². The van der Waals surface area contributed by atoms with Crippen molar-refractivity contribution in [1.29, 1.82) is 5.41 Å². The molecule has 0 aromatic heterocycles. The monoisotopic (exact) mass is 327 g/mol. The van der Waals surface area contributed by atoms with Crippen LogP contribution in [-0.2, 0) is 5.75 Å². The Bertz CT molecular complexity index is 503. The number of carbonyl (C=O) groups is 1. The number of amides is 2. The maximum Gasteiger partial charge on any atom is 0.314 e. The number of benzene rings is 1. The number of urea groups is 1. The summed E-state index contributed by atoms with van der Waals surface area (Å²) >= 11 is 1.19. The standard InChI is InChI=1S/C8H9N3O2S.C5H12N2O/c9-8(10)14-5-6-1-3-7(4-2-6)11(12)13;1-3-7(4-2)5(6)8/h1-4H,5H2,(H3,9,10);3-4H2,1-2H3,(H2,6,8). The summed E-state index contributed by atoms with van der Waals surface area (Å²) in [7, 11) is 0. The molecule has 0 saturated carbocycles. The van der Waals surface area contributed by atoms with E-state index < -0.39 is 4.92 Å². The number of non-ortho nitro benzene ring substituents is 1. The predicted octanol–water partition coefficient (Wildman–Crippen LogP) is 2.13. The van der Waals surface area contributed by atoms with Gasteiger partial charge in [0.1, 0.15) is 0 Å². The highest BCUT2D eigenvalue weighted by molar-refractivity contribution is 8.13. The Morgan fingerprint density at radius 3 is 2.05 bits per heavy atom. The van der Waals surface area contributed by atoms with Crippen LogP contribution in [0.3, 0.4) is 0 Å². The summed E-state index contributed by atoms with van der Waals surface area (Å²) in [5.41, 5.74) is 11.1. The second kappa shape index (κ2) is 10.4. The summed E-state index contributed by atoms with van der Waals surface area (Å²) in [6.07, 6.45) is 0. The van der Waals surface area contributed by atoms with E-state index in [0.717, 1.165) is 5.56 Å². The first-order valence-electron chi connectivity index (χ1n) is 6.56. The molecule has 0 saturated heterocycles. The van der Waals surface area contributed by atoms with Crippen molar-refractivity contribution in [3.63, 3.8) is 0 Å². The molecule has 0 unspecified atom stereocenters. The Morgan fingerprint density at radius 1 is 1.27 bits per heavy atom. The highest BCUT2D eigenvalue weighted by Gasteiger charge is 2.03. The predicted molar refractivity (Wildman–Crippen MR) is 88.8 cm³/mol. The third kappa shape index (κ3) is 8.10. The summed E-state index contributed by atoms with van der Waals surface area (Å²) < 4.78 is 0. The van der Waals surface area contributed by atoms with Gasteiger partial charge in [-0.05, 0) is 19.4 Å². The van der Waals surface area contributed by atoms with Crippen LogP contribution >= 0.6 is 11.8 Å². The van der Waals surface area contributed by atoms with Gasteiger partial charge >= 0.3 is 6.03 Å². The van der Waals surface area contributed by atoms with Crippen LogP contribution in [0.5, 0.6) is 0 Å². The molecular weight excluding hydrogens is 306 g/mol. The van der Waals surface area contributed by atoms with E-state index >= 15 is 0 Å². The van der Waals surface area contributed by atoms with Crippen molar-refractivity contribution in [1.82, 2.24) is 4.90 Å². The topological polar surface area (TPSA) is 139 Å². The largest absolute Gasteiger partial charge is 0.379 e. The third-order valence-corrected chi connectivity index (χ3v) is 3.41. The van der Waals surface area contributed by atoms with E-state index in [4.69, 9.17) is 16.9 Å². The Labute approximate surface area is 133 Å². The number of nitro benzene ring substituents is 1. The van der Waals surface area contributed by atoms with Crippen molar-refractivity contribution >= 4 is 28.6 Å². The zero-order chi connectivity index (χ0) is 17.1. The number of nitrogens with two attached hydrogens (primary N) is 2. The molecule has 0 atom stereocenters. The molecule has 1 aromatic rings. The van der Waals surface area contributed by atoms with Gasteiger partial charge in [-0.1, -0.05) is 23.9 Å². The number of thioether (sulfide) groups is 1. The number of carbonyl (C=O) groups excluding carboxylic acids is 1. The first-order valence-corrected chi connectivity index (χ1v) is 7.54. The van der Waals surface area contributed by atoms with Gasteiger partial charge in [-0.3, -0.25) is 15.5 Å². The smallest absolute Gasteiger partial charge is 0.314 e. The van der Waals surface area contributed by atoms with E-state index in [-0.39, 0.29) is 16.9 Å². The van der Waals surface area contributed by atoms with E-state index in [1.807, 2.05) is 13.8 Å². The number of amidine groups is 1. The lowest BCUT2D eigenvalue weighted by Gasteiger charge is -2.13. The molecule has 0 spiro atoms. The molecule has 122 valence electrons. The fourth-order valence-electron chi connectivity index (χ4n) is 1.41. The lowest BCUT2D eigenvalue weighted by molar-refractivity contribution is -0.384. The Hall–Kier alpha value is -2.29. The first kappa shape index (κ1) is 19.7. The lowest BCUT2D eigenvalue weighted by atomic mass is 10.2. The van der Waals surface area contributed by atoms with Crippen molar-refractivity contribution < 1.29 is 9.72 Å². The van der Waals surface area contributed by atoms with Gasteiger partial charge in [0.2, 0.25) is 0 Å². The third-order valence-electron chi connectivity index (χ3n) is 2.62. The number of nitro groups is 1. The van der Waals surface area contributed by atoms with Gasteiger partial charge in [0.25, 0.3) is 5.69 Å². The number of hydrogen-bond donors (Lipinski definition) is 3. The van der Waals surface area contributed by atoms with Gasteiger partial charge < -0.3 is 16.4 Å². The minimum Gasteiger partial charge on any atom is -0.379 e. The summed E-state index contributed by atoms with van der Waals surface area (Å²) in [6.45, 7) is 5.19. The van der Waals surface area contributed by atoms with E-state index in [0.29, 0.717) is 18.8 Å². The van der Waals surface area contributed by atoms with Crippen molar-refractivity contribution in [3.05, 3.63) is 39.9 Å². The van der Waals surface area contributed by atoms with Gasteiger partial charge in [-0.2, -0.15) is 0 Å². The summed E-state index contributed by atoms with van der Waals surface area (Å²) in [4.78, 5) is 21.7. The highest BCUT2D eigenvalue weighted by Crippen LogP contribution is 2.16. The molecule has 9 heteroatoms. The summed E-state index contributed by atoms with van der Waals surface area (Å²) in [6, 6.07) is 5.86. The normalized spacial score (nSPS) is 9.36. The Morgan fingerprint density at radius 2 is 1.77 bits per heavy atom. The van der Waals surface area contributed by atoms with E-state index in [9.17, 15) is 14.9 Å². The van der Waals surface area contributed by atoms with E-state index in [1.165, 1.54) is 23.9 Å². The Balaban J connectivity index is 0.000000472. The molecule has 2 amide bonds. The van der Waals surface area contributed by atoms with Crippen LogP contribution < -0.4 is 11.5 Å². The van der Waals surface area contributed by atoms with Gasteiger partial charge in [-0.15, -0.1) is 0 Å². The van der Waals surface area contributed by atoms with Crippen molar-refractivity contribution in [2.45, 2.75) is 19.6 Å². The van der Waals surface area contributed by atoms with Crippen LogP contribution in [0.2, 0.25) is 0 Å². The molecule has 1 aromatic carbocycles. The van der Waals surface area contributed by atoms with Crippen LogP contribution in [0.15, 0.2) is 24.3 Å². The average molecular weight is 327 g/mol. The fourth-order valence-corrected chi connectivity index (χ4v) is 1.92. The molecule has 22 heavy (non-hydrogen) atoms. The van der Waals surface area contributed by atoms with Crippen molar-refractivity contribution in [2.75, 3.05) is 13.1 Å². The minimum absolute atomic E-state index is 0.0448. The first-order chi connectivity index (χ1) is 10.3. The van der Waals surface area contributed by atoms with Crippen LogP contribution in [0, 0.1) is 15.5 Å². The average Bonchev–Trinajstić information content (AvgIpc) is 2.47. The van der Waals surface area contributed by atoms with Gasteiger partial charge in [0, 0.05) is 31.0 Å². The maximum atomic E-state index is 10.3. The van der Waals surface area contributed by atoms with E-state index in [2.05, 4.69) is 0 Å². The molecule has 1 rings (SSSR count). The molecule has 0 aliphatic heterocycles. The van der Waals surface area contributed by atoms with Crippen molar-refractivity contribution in [3.8, 4) is 0 Å². The fraction of sp³-hybridized carbons (Fsp3) is 0.385. The highest BCUT2D eigenvalue weighted by atomic mass is 32.2. The molecule has 0 radical (unpaired) electrons. The number of primary amides is 1. The number of nitrogens with one attached hydrogen (secondary N) is 1. The summed E-state index contributed by atoms with van der Waals surface area (Å²) in [5.74, 6) is 0.563. The van der Waals surface area contributed by atoms with Crippen molar-refractivity contribution in [2.24, 2.45) is 11.5 Å². The number of nitrogens with zero attached hydrogens (tertiary/aromatic N) is 2. The van der Waals surface area contributed by atoms with Crippen LogP contribution in [-0.4, -0.2) is 34.1 Å². The summed E-state index contributed by atoms with van der Waals surface area (Å²) in [5, 5.41) is 17.4. The molecule has 0 heterocycles. The molecule has 8 nitrogen and oxygen atoms in total. The van der Waals surface area contributed by atoms with Crippen LogP contribution in [0.1, 0.15) is 19.4 Å². The zero-order valence-electron chi connectivity index (χ0n) is 12.6. The quantitative estimate of drug-likeness (QED) is 0.329. The Kier molecular flexibility index (Phi) is 9.35. The molecule has 0 aliphatic carbocycles. The minimum atomic E-state index is -0.443. The van der Waals surface area contributed by atoms with Gasteiger partial charge in [0.05, 0.1) is 4.92 Å². The second-order valence-electron chi connectivity index (χ2n) is 4.09. The van der Waals surface area contributed by atoms with Crippen LogP contribution in [0.4, 0.5) is 10.5 Å². The van der Waals surface area contributed by atoms with Gasteiger partial charge in [0.15, 0.2) is 5.17 Å².